The Morgan fingerprint density at radius 3 is 2.64 bits per heavy atom. The highest BCUT2D eigenvalue weighted by molar-refractivity contribution is 7.85. The molecule has 0 saturated heterocycles. The monoisotopic (exact) mass is 477 g/mol. The first-order chi connectivity index (χ1) is 15.9. The van der Waals surface area contributed by atoms with Gasteiger partial charge in [-0.05, 0) is 48.0 Å². The van der Waals surface area contributed by atoms with Crippen LogP contribution in [0.4, 0.5) is 5.69 Å². The van der Waals surface area contributed by atoms with Crippen LogP contribution in [0.1, 0.15) is 32.7 Å². The molecule has 0 saturated carbocycles. The second-order valence-corrected chi connectivity index (χ2v) is 9.46. The Morgan fingerprint density at radius 2 is 1.88 bits per heavy atom. The maximum atomic E-state index is 13.6. The summed E-state index contributed by atoms with van der Waals surface area (Å²) in [6.07, 6.45) is 0.214. The van der Waals surface area contributed by atoms with Crippen LogP contribution in [-0.2, 0) is 17.3 Å². The third-order valence-corrected chi connectivity index (χ3v) is 7.13. The lowest BCUT2D eigenvalue weighted by Crippen LogP contribution is -2.31. The van der Waals surface area contributed by atoms with Gasteiger partial charge in [0.2, 0.25) is 0 Å². The minimum Gasteiger partial charge on any atom is -0.341 e. The standard InChI is InChI=1S/C25H20ClN3O3S/c1-28(13-5-12-27)24(30)18-10-11-23-21(15-18)29(16-17-6-4-7-19(26)14-17)25(31)20-8-2-3-9-22(20)33(23)32/h2-4,6-11,14-15H,5,13,16H2,1H3/t33-/m1/s1. The third-order valence-electron chi connectivity index (χ3n) is 5.39. The summed E-state index contributed by atoms with van der Waals surface area (Å²) >= 11 is 6.15. The summed E-state index contributed by atoms with van der Waals surface area (Å²) in [4.78, 5) is 30.4. The summed E-state index contributed by atoms with van der Waals surface area (Å²) < 4.78 is 13.5. The minimum atomic E-state index is -1.60. The molecule has 0 spiro atoms. The van der Waals surface area contributed by atoms with Crippen molar-refractivity contribution in [3.8, 4) is 6.07 Å². The lowest BCUT2D eigenvalue weighted by molar-refractivity contribution is 0.0797. The van der Waals surface area contributed by atoms with Gasteiger partial charge in [-0.1, -0.05) is 35.9 Å². The van der Waals surface area contributed by atoms with Gasteiger partial charge in [-0.2, -0.15) is 5.26 Å². The maximum Gasteiger partial charge on any atom is 0.259 e. The van der Waals surface area contributed by atoms with Crippen LogP contribution in [-0.4, -0.2) is 34.5 Å². The van der Waals surface area contributed by atoms with E-state index in [1.807, 2.05) is 12.1 Å². The molecule has 6 nitrogen and oxygen atoms in total. The van der Waals surface area contributed by atoms with E-state index in [-0.39, 0.29) is 31.3 Å². The molecule has 1 atom stereocenters. The molecule has 0 unspecified atom stereocenters. The fourth-order valence-corrected chi connectivity index (χ4v) is 5.27. The van der Waals surface area contributed by atoms with Crippen LogP contribution < -0.4 is 4.90 Å². The number of hydrogen-bond acceptors (Lipinski definition) is 4. The van der Waals surface area contributed by atoms with Gasteiger partial charge < -0.3 is 9.80 Å². The van der Waals surface area contributed by atoms with Crippen molar-refractivity contribution in [2.75, 3.05) is 18.5 Å². The molecule has 0 radical (unpaired) electrons. The van der Waals surface area contributed by atoms with Gasteiger partial charge in [-0.15, -0.1) is 0 Å². The molecule has 4 rings (SSSR count). The van der Waals surface area contributed by atoms with Crippen molar-refractivity contribution in [2.24, 2.45) is 0 Å². The number of nitriles is 1. The van der Waals surface area contributed by atoms with Gasteiger partial charge in [-0.3, -0.25) is 9.59 Å². The van der Waals surface area contributed by atoms with Gasteiger partial charge in [-0.25, -0.2) is 4.21 Å². The van der Waals surface area contributed by atoms with Gasteiger partial charge in [0.05, 0.1) is 50.9 Å². The van der Waals surface area contributed by atoms with E-state index in [1.165, 1.54) is 9.80 Å². The molecular formula is C25H20ClN3O3S. The molecule has 0 N–H and O–H groups in total. The normalized spacial score (nSPS) is 14.6. The number of carbonyl (C=O) groups is 2. The highest BCUT2D eigenvalue weighted by atomic mass is 35.5. The first-order valence-electron chi connectivity index (χ1n) is 10.2. The Bertz CT molecular complexity index is 1320. The number of carbonyl (C=O) groups excluding carboxylic acids is 2. The zero-order valence-corrected chi connectivity index (χ0v) is 19.4. The van der Waals surface area contributed by atoms with E-state index in [9.17, 15) is 13.8 Å². The lowest BCUT2D eigenvalue weighted by atomic mass is 10.1. The van der Waals surface area contributed by atoms with Crippen molar-refractivity contribution < 1.29 is 13.8 Å². The molecule has 2 amide bonds. The van der Waals surface area contributed by atoms with Crippen molar-refractivity contribution in [2.45, 2.75) is 22.8 Å². The van der Waals surface area contributed by atoms with Crippen molar-refractivity contribution in [3.05, 3.63) is 88.4 Å². The van der Waals surface area contributed by atoms with Crippen molar-refractivity contribution >= 4 is 39.9 Å². The van der Waals surface area contributed by atoms with E-state index in [2.05, 4.69) is 0 Å². The van der Waals surface area contributed by atoms with Crippen LogP contribution in [0, 0.1) is 11.3 Å². The molecule has 1 heterocycles. The molecule has 0 aromatic heterocycles. The summed E-state index contributed by atoms with van der Waals surface area (Å²) in [6, 6.07) is 20.9. The van der Waals surface area contributed by atoms with E-state index in [0.717, 1.165) is 5.56 Å². The van der Waals surface area contributed by atoms with E-state index in [1.54, 1.807) is 67.7 Å². The minimum absolute atomic E-state index is 0.194. The summed E-state index contributed by atoms with van der Waals surface area (Å²) in [7, 11) is 0.0145. The van der Waals surface area contributed by atoms with Gasteiger partial charge in [0.1, 0.15) is 0 Å². The molecule has 0 fully saturated rings. The van der Waals surface area contributed by atoms with Crippen molar-refractivity contribution in [3.63, 3.8) is 0 Å². The van der Waals surface area contributed by atoms with E-state index in [4.69, 9.17) is 16.9 Å². The average Bonchev–Trinajstić information content (AvgIpc) is 2.91. The lowest BCUT2D eigenvalue weighted by Gasteiger charge is -2.24. The Hall–Kier alpha value is -3.47. The Kier molecular flexibility index (Phi) is 6.59. The highest BCUT2D eigenvalue weighted by Crippen LogP contribution is 2.36. The molecule has 3 aromatic carbocycles. The number of anilines is 1. The van der Waals surface area contributed by atoms with Crippen molar-refractivity contribution in [1.82, 2.24) is 4.90 Å². The fourth-order valence-electron chi connectivity index (χ4n) is 3.71. The second-order valence-electron chi connectivity index (χ2n) is 7.60. The number of rotatable bonds is 5. The smallest absolute Gasteiger partial charge is 0.259 e. The molecule has 33 heavy (non-hydrogen) atoms. The molecule has 3 aromatic rings. The number of hydrogen-bond donors (Lipinski definition) is 0. The maximum absolute atomic E-state index is 13.6. The van der Waals surface area contributed by atoms with Crippen LogP contribution in [0.25, 0.3) is 0 Å². The Morgan fingerprint density at radius 1 is 1.09 bits per heavy atom. The molecule has 8 heteroatoms. The highest BCUT2D eigenvalue weighted by Gasteiger charge is 2.31. The topological polar surface area (TPSA) is 81.5 Å². The van der Waals surface area contributed by atoms with Crippen LogP contribution in [0.2, 0.25) is 5.02 Å². The predicted octanol–water partition coefficient (Wildman–Crippen LogP) is 4.65. The number of fused-ring (bicyclic) bond motifs is 2. The Balaban J connectivity index is 1.84. The number of amides is 2. The first-order valence-corrected chi connectivity index (χ1v) is 11.8. The number of halogens is 1. The van der Waals surface area contributed by atoms with E-state index >= 15 is 0 Å². The SMILES string of the molecule is CN(CCC#N)C(=O)c1ccc2c(c1)N(Cc1cccc(Cl)c1)C(=O)c1ccccc1[S@]2=O. The zero-order valence-electron chi connectivity index (χ0n) is 17.8. The zero-order chi connectivity index (χ0) is 23.5. The van der Waals surface area contributed by atoms with E-state index < -0.39 is 10.8 Å². The first kappa shape index (κ1) is 22.7. The Labute approximate surface area is 199 Å². The summed E-state index contributed by atoms with van der Waals surface area (Å²) in [5.41, 5.74) is 1.91. The molecule has 0 aliphatic carbocycles. The van der Waals surface area contributed by atoms with Gasteiger partial charge in [0.25, 0.3) is 11.8 Å². The van der Waals surface area contributed by atoms with Gasteiger partial charge >= 0.3 is 0 Å². The summed E-state index contributed by atoms with van der Waals surface area (Å²) in [6.45, 7) is 0.481. The predicted molar refractivity (Wildman–Crippen MR) is 127 cm³/mol. The molecule has 166 valence electrons. The second kappa shape index (κ2) is 9.57. The molecule has 1 aliphatic rings. The molecule has 1 aliphatic heterocycles. The number of nitrogens with zero attached hydrogens (tertiary/aromatic N) is 3. The quantitative estimate of drug-likeness (QED) is 0.535. The summed E-state index contributed by atoms with van der Waals surface area (Å²) in [5.74, 6) is -0.587. The molecule has 0 bridgehead atoms. The van der Waals surface area contributed by atoms with Crippen LogP contribution in [0.15, 0.2) is 76.5 Å². The number of benzene rings is 3. The average molecular weight is 478 g/mol. The van der Waals surface area contributed by atoms with Crippen LogP contribution >= 0.6 is 11.6 Å². The van der Waals surface area contributed by atoms with Crippen LogP contribution in [0.5, 0.6) is 0 Å². The van der Waals surface area contributed by atoms with Crippen LogP contribution in [0.3, 0.4) is 0 Å². The third kappa shape index (κ3) is 4.54. The fraction of sp³-hybridized carbons (Fsp3) is 0.160. The summed E-state index contributed by atoms with van der Waals surface area (Å²) in [5, 5.41) is 9.36. The largest absolute Gasteiger partial charge is 0.341 e. The van der Waals surface area contributed by atoms with E-state index in [0.29, 0.717) is 31.6 Å². The van der Waals surface area contributed by atoms with Crippen molar-refractivity contribution in [1.29, 1.82) is 5.26 Å². The molecular weight excluding hydrogens is 458 g/mol. The van der Waals surface area contributed by atoms with Gasteiger partial charge in [0.15, 0.2) is 0 Å². The van der Waals surface area contributed by atoms with Gasteiger partial charge in [0, 0.05) is 24.2 Å².